The number of nitriles is 1. The summed E-state index contributed by atoms with van der Waals surface area (Å²) in [6.07, 6.45) is 3.72. The maximum atomic E-state index is 12.7. The molecule has 23 heavy (non-hydrogen) atoms. The summed E-state index contributed by atoms with van der Waals surface area (Å²) in [6, 6.07) is 7.20. The number of amides is 1. The van der Waals surface area contributed by atoms with Gasteiger partial charge >= 0.3 is 0 Å². The quantitative estimate of drug-likeness (QED) is 0.802. The van der Waals surface area contributed by atoms with Gasteiger partial charge in [-0.05, 0) is 38.0 Å². The van der Waals surface area contributed by atoms with Crippen molar-refractivity contribution in [2.45, 2.75) is 50.7 Å². The smallest absolute Gasteiger partial charge is 0.264 e. The summed E-state index contributed by atoms with van der Waals surface area (Å²) in [5, 5.41) is 10.4. The molecule has 0 unspecified atom stereocenters. The van der Waals surface area contributed by atoms with Crippen molar-refractivity contribution in [3.63, 3.8) is 0 Å². The molecule has 1 amide bonds. The average Bonchev–Trinajstić information content (AvgIpc) is 2.56. The van der Waals surface area contributed by atoms with Gasteiger partial charge < -0.3 is 9.64 Å². The fraction of sp³-hybridized carbons (Fsp3) is 0.529. The van der Waals surface area contributed by atoms with Crippen molar-refractivity contribution in [3.05, 3.63) is 28.2 Å². The van der Waals surface area contributed by atoms with Crippen LogP contribution in [0.2, 0.25) is 10.0 Å². The van der Waals surface area contributed by atoms with Gasteiger partial charge in [0.25, 0.3) is 5.91 Å². The van der Waals surface area contributed by atoms with Crippen molar-refractivity contribution in [2.75, 3.05) is 7.05 Å². The summed E-state index contributed by atoms with van der Waals surface area (Å²) >= 11 is 11.9. The van der Waals surface area contributed by atoms with Crippen LogP contribution in [-0.4, -0.2) is 29.5 Å². The van der Waals surface area contributed by atoms with Gasteiger partial charge in [0.2, 0.25) is 0 Å². The van der Waals surface area contributed by atoms with Gasteiger partial charge in [-0.2, -0.15) is 5.26 Å². The van der Waals surface area contributed by atoms with Gasteiger partial charge in [0.15, 0.2) is 6.10 Å². The van der Waals surface area contributed by atoms with Crippen molar-refractivity contribution in [1.29, 1.82) is 5.26 Å². The van der Waals surface area contributed by atoms with Crippen molar-refractivity contribution in [3.8, 4) is 11.8 Å². The lowest BCUT2D eigenvalue weighted by Crippen LogP contribution is -2.53. The van der Waals surface area contributed by atoms with Crippen molar-refractivity contribution < 1.29 is 9.53 Å². The number of carbonyl (C=O) groups excluding carboxylic acids is 1. The number of hydrogen-bond donors (Lipinski definition) is 0. The third-order valence-corrected chi connectivity index (χ3v) is 4.94. The Morgan fingerprint density at radius 2 is 2.00 bits per heavy atom. The molecule has 0 spiro atoms. The molecule has 1 aliphatic carbocycles. The minimum atomic E-state index is -0.731. The fourth-order valence-electron chi connectivity index (χ4n) is 2.95. The van der Waals surface area contributed by atoms with Crippen molar-refractivity contribution in [1.82, 2.24) is 4.90 Å². The Kier molecular flexibility index (Phi) is 5.78. The molecule has 0 radical (unpaired) electrons. The highest BCUT2D eigenvalue weighted by Crippen LogP contribution is 2.33. The Hall–Kier alpha value is -1.44. The first kappa shape index (κ1) is 17.9. The second-order valence-electron chi connectivity index (χ2n) is 5.94. The lowest BCUT2D eigenvalue weighted by atomic mass is 9.81. The monoisotopic (exact) mass is 354 g/mol. The third kappa shape index (κ3) is 3.91. The molecule has 0 bridgehead atoms. The molecule has 6 heteroatoms. The van der Waals surface area contributed by atoms with E-state index in [0.717, 1.165) is 19.3 Å². The molecule has 1 aliphatic rings. The first-order chi connectivity index (χ1) is 10.9. The lowest BCUT2D eigenvalue weighted by Gasteiger charge is -2.40. The molecule has 124 valence electrons. The third-order valence-electron chi connectivity index (χ3n) is 4.41. The van der Waals surface area contributed by atoms with Gasteiger partial charge in [0, 0.05) is 12.1 Å². The molecule has 0 N–H and O–H groups in total. The van der Waals surface area contributed by atoms with Crippen LogP contribution >= 0.6 is 23.2 Å². The first-order valence-electron chi connectivity index (χ1n) is 7.70. The van der Waals surface area contributed by atoms with Crippen LogP contribution in [0.5, 0.6) is 5.75 Å². The Labute approximate surface area is 146 Å². The topological polar surface area (TPSA) is 53.3 Å². The lowest BCUT2D eigenvalue weighted by molar-refractivity contribution is -0.141. The van der Waals surface area contributed by atoms with E-state index in [1.807, 2.05) is 0 Å². The maximum Gasteiger partial charge on any atom is 0.264 e. The van der Waals surface area contributed by atoms with Gasteiger partial charge in [-0.15, -0.1) is 0 Å². The Bertz CT molecular complexity index is 622. The van der Waals surface area contributed by atoms with Crippen molar-refractivity contribution in [2.24, 2.45) is 0 Å². The summed E-state index contributed by atoms with van der Waals surface area (Å²) < 4.78 is 5.67. The van der Waals surface area contributed by atoms with E-state index in [-0.39, 0.29) is 5.91 Å². The SMILES string of the molecule is C[C@@H](Oc1ccc(Cl)cc1Cl)C(=O)N(C)C1(C#N)CCCCC1. The fourth-order valence-corrected chi connectivity index (χ4v) is 3.41. The molecule has 1 atom stereocenters. The summed E-state index contributed by atoms with van der Waals surface area (Å²) in [4.78, 5) is 14.2. The van der Waals surface area contributed by atoms with Crippen LogP contribution in [0.25, 0.3) is 0 Å². The van der Waals surface area contributed by atoms with Crippen LogP contribution in [-0.2, 0) is 4.79 Å². The number of carbonyl (C=O) groups is 1. The first-order valence-corrected chi connectivity index (χ1v) is 8.46. The number of rotatable bonds is 4. The van der Waals surface area contributed by atoms with Crippen LogP contribution < -0.4 is 4.74 Å². The molecule has 0 heterocycles. The molecular weight excluding hydrogens is 335 g/mol. The molecule has 1 saturated carbocycles. The standard InChI is InChI=1S/C17H20Cl2N2O2/c1-12(23-15-7-6-13(18)10-14(15)19)16(22)21(2)17(11-20)8-4-3-5-9-17/h6-7,10,12H,3-5,8-9H2,1-2H3/t12-/m1/s1. The zero-order valence-corrected chi connectivity index (χ0v) is 14.8. The molecule has 4 nitrogen and oxygen atoms in total. The number of nitrogens with zero attached hydrogens (tertiary/aromatic N) is 2. The Morgan fingerprint density at radius 1 is 1.35 bits per heavy atom. The van der Waals surface area contributed by atoms with Crippen LogP contribution in [0.4, 0.5) is 0 Å². The maximum absolute atomic E-state index is 12.7. The highest BCUT2D eigenvalue weighted by atomic mass is 35.5. The summed E-state index contributed by atoms with van der Waals surface area (Å²) in [7, 11) is 1.68. The van der Waals surface area contributed by atoms with E-state index in [1.165, 1.54) is 0 Å². The predicted octanol–water partition coefficient (Wildman–Crippen LogP) is 4.45. The summed E-state index contributed by atoms with van der Waals surface area (Å²) in [5.41, 5.74) is -0.725. The van der Waals surface area contributed by atoms with Gasteiger partial charge in [0.1, 0.15) is 11.3 Å². The number of benzene rings is 1. The van der Waals surface area contributed by atoms with Crippen LogP contribution in [0.15, 0.2) is 18.2 Å². The van der Waals surface area contributed by atoms with E-state index >= 15 is 0 Å². The van der Waals surface area contributed by atoms with E-state index in [0.29, 0.717) is 28.6 Å². The molecule has 1 fully saturated rings. The minimum Gasteiger partial charge on any atom is -0.479 e. The molecule has 0 saturated heterocycles. The van der Waals surface area contributed by atoms with Gasteiger partial charge in [-0.3, -0.25) is 4.79 Å². The molecule has 2 rings (SSSR count). The molecule has 1 aromatic carbocycles. The van der Waals surface area contributed by atoms with Gasteiger partial charge in [-0.25, -0.2) is 0 Å². The molecule has 0 aliphatic heterocycles. The Balaban J connectivity index is 2.10. The zero-order chi connectivity index (χ0) is 17.0. The highest BCUT2D eigenvalue weighted by molar-refractivity contribution is 6.35. The highest BCUT2D eigenvalue weighted by Gasteiger charge is 2.40. The van der Waals surface area contributed by atoms with Gasteiger partial charge in [0.05, 0.1) is 11.1 Å². The predicted molar refractivity (Wildman–Crippen MR) is 90.8 cm³/mol. The average molecular weight is 355 g/mol. The zero-order valence-electron chi connectivity index (χ0n) is 13.3. The number of halogens is 2. The van der Waals surface area contributed by atoms with E-state index in [4.69, 9.17) is 27.9 Å². The molecular formula is C17H20Cl2N2O2. The van der Waals surface area contributed by atoms with Crippen LogP contribution in [0.3, 0.4) is 0 Å². The van der Waals surface area contributed by atoms with Gasteiger partial charge in [-0.1, -0.05) is 42.5 Å². The van der Waals surface area contributed by atoms with E-state index in [1.54, 1.807) is 37.1 Å². The van der Waals surface area contributed by atoms with Crippen LogP contribution in [0.1, 0.15) is 39.0 Å². The second kappa shape index (κ2) is 7.42. The van der Waals surface area contributed by atoms with E-state index in [9.17, 15) is 10.1 Å². The van der Waals surface area contributed by atoms with Crippen LogP contribution in [0, 0.1) is 11.3 Å². The van der Waals surface area contributed by atoms with E-state index < -0.39 is 11.6 Å². The Morgan fingerprint density at radius 3 is 2.57 bits per heavy atom. The molecule has 0 aromatic heterocycles. The summed E-state index contributed by atoms with van der Waals surface area (Å²) in [5.74, 6) is 0.180. The van der Waals surface area contributed by atoms with Crippen molar-refractivity contribution >= 4 is 29.1 Å². The normalized spacial score (nSPS) is 17.9. The number of hydrogen-bond acceptors (Lipinski definition) is 3. The number of ether oxygens (including phenoxy) is 1. The number of likely N-dealkylation sites (N-methyl/N-ethyl adjacent to an activating group) is 1. The summed E-state index contributed by atoms with van der Waals surface area (Å²) in [6.45, 7) is 1.66. The van der Waals surface area contributed by atoms with E-state index in [2.05, 4.69) is 6.07 Å². The molecule has 1 aromatic rings. The second-order valence-corrected chi connectivity index (χ2v) is 6.78. The largest absolute Gasteiger partial charge is 0.479 e. The minimum absolute atomic E-state index is 0.223.